The van der Waals surface area contributed by atoms with Gasteiger partial charge in [0.1, 0.15) is 5.60 Å². The predicted octanol–water partition coefficient (Wildman–Crippen LogP) is 3.15. The Morgan fingerprint density at radius 3 is 2.22 bits per heavy atom. The molecule has 134 valence electrons. The van der Waals surface area contributed by atoms with Crippen molar-refractivity contribution < 1.29 is 24.2 Å². The van der Waals surface area contributed by atoms with E-state index in [4.69, 9.17) is 9.47 Å². The maximum Gasteiger partial charge on any atom is 0.410 e. The largest absolute Gasteiger partial charge is 0.481 e. The van der Waals surface area contributed by atoms with Gasteiger partial charge in [-0.2, -0.15) is 0 Å². The molecule has 0 saturated carbocycles. The minimum atomic E-state index is -0.797. The number of aliphatic carboxylic acids is 1. The first kappa shape index (κ1) is 19.7. The van der Waals surface area contributed by atoms with E-state index >= 15 is 0 Å². The Bertz CT molecular complexity index is 406. The van der Waals surface area contributed by atoms with Gasteiger partial charge in [0.15, 0.2) is 0 Å². The van der Waals surface area contributed by atoms with Gasteiger partial charge in [-0.25, -0.2) is 4.79 Å². The van der Waals surface area contributed by atoms with E-state index < -0.39 is 17.0 Å². The summed E-state index contributed by atoms with van der Waals surface area (Å²) in [5, 5.41) is 9.62. The van der Waals surface area contributed by atoms with Crippen molar-refractivity contribution >= 4 is 12.1 Å². The number of carboxylic acids is 1. The smallest absolute Gasteiger partial charge is 0.410 e. The monoisotopic (exact) mass is 329 g/mol. The maximum absolute atomic E-state index is 12.1. The number of hydrogen-bond acceptors (Lipinski definition) is 4. The summed E-state index contributed by atoms with van der Waals surface area (Å²) in [7, 11) is 0. The van der Waals surface area contributed by atoms with Crippen LogP contribution < -0.4 is 0 Å². The van der Waals surface area contributed by atoms with Gasteiger partial charge >= 0.3 is 12.1 Å². The zero-order chi connectivity index (χ0) is 17.7. The number of nitrogens with zero attached hydrogens (tertiary/aromatic N) is 1. The summed E-state index contributed by atoms with van der Waals surface area (Å²) in [6.07, 6.45) is 0.990. The topological polar surface area (TPSA) is 76.1 Å². The fraction of sp³-hybridized carbons (Fsp3) is 0.882. The molecule has 1 fully saturated rings. The highest BCUT2D eigenvalue weighted by Gasteiger charge is 2.42. The average Bonchev–Trinajstić information content (AvgIpc) is 2.42. The third-order valence-electron chi connectivity index (χ3n) is 4.00. The highest BCUT2D eigenvalue weighted by Crippen LogP contribution is 2.36. The molecule has 0 spiro atoms. The van der Waals surface area contributed by atoms with Crippen LogP contribution in [-0.4, -0.2) is 54.0 Å². The third-order valence-corrected chi connectivity index (χ3v) is 4.00. The number of rotatable bonds is 6. The summed E-state index contributed by atoms with van der Waals surface area (Å²) >= 11 is 0. The van der Waals surface area contributed by atoms with E-state index in [1.807, 2.05) is 20.8 Å². The molecule has 0 atom stereocenters. The standard InChI is InChI=1S/C17H31NO5/c1-13(2)12-22-11-8-17(14(19)20)6-9-18(10-7-17)15(21)23-16(3,4)5/h13H,6-12H2,1-5H3,(H,19,20). The van der Waals surface area contributed by atoms with Gasteiger partial charge < -0.3 is 19.5 Å². The Morgan fingerprint density at radius 1 is 1.22 bits per heavy atom. The first-order chi connectivity index (χ1) is 10.6. The van der Waals surface area contributed by atoms with Crippen LogP contribution in [0.15, 0.2) is 0 Å². The number of likely N-dealkylation sites (tertiary alicyclic amines) is 1. The van der Waals surface area contributed by atoms with E-state index in [1.165, 1.54) is 0 Å². The van der Waals surface area contributed by atoms with Crippen molar-refractivity contribution in [2.24, 2.45) is 11.3 Å². The van der Waals surface area contributed by atoms with Crippen LogP contribution in [-0.2, 0) is 14.3 Å². The first-order valence-electron chi connectivity index (χ1n) is 8.35. The lowest BCUT2D eigenvalue weighted by Crippen LogP contribution is -2.48. The molecule has 0 aromatic carbocycles. The highest BCUT2D eigenvalue weighted by molar-refractivity contribution is 5.75. The molecule has 1 saturated heterocycles. The SMILES string of the molecule is CC(C)COCCC1(C(=O)O)CCN(C(=O)OC(C)(C)C)CC1. The molecule has 1 aliphatic rings. The molecule has 6 nitrogen and oxygen atoms in total. The number of carbonyl (C=O) groups excluding carboxylic acids is 1. The van der Waals surface area contributed by atoms with Crippen LogP contribution in [0.2, 0.25) is 0 Å². The van der Waals surface area contributed by atoms with Crippen molar-refractivity contribution in [2.75, 3.05) is 26.3 Å². The molecular weight excluding hydrogens is 298 g/mol. The van der Waals surface area contributed by atoms with Crippen molar-refractivity contribution in [1.29, 1.82) is 0 Å². The molecular formula is C17H31NO5. The van der Waals surface area contributed by atoms with Crippen LogP contribution in [0.4, 0.5) is 4.79 Å². The fourth-order valence-electron chi connectivity index (χ4n) is 2.60. The van der Waals surface area contributed by atoms with E-state index in [0.717, 1.165) is 0 Å². The number of carbonyl (C=O) groups is 2. The molecule has 6 heteroatoms. The van der Waals surface area contributed by atoms with Crippen molar-refractivity contribution in [3.8, 4) is 0 Å². The Hall–Kier alpha value is -1.30. The molecule has 0 aromatic rings. The Balaban J connectivity index is 2.53. The number of hydrogen-bond donors (Lipinski definition) is 1. The van der Waals surface area contributed by atoms with Gasteiger partial charge in [-0.15, -0.1) is 0 Å². The molecule has 0 aliphatic carbocycles. The number of amides is 1. The molecule has 1 N–H and O–H groups in total. The van der Waals surface area contributed by atoms with Crippen molar-refractivity contribution in [3.63, 3.8) is 0 Å². The second-order valence-corrected chi connectivity index (χ2v) is 7.77. The van der Waals surface area contributed by atoms with Gasteiger partial charge in [-0.3, -0.25) is 4.79 Å². The lowest BCUT2D eigenvalue weighted by atomic mass is 9.76. The van der Waals surface area contributed by atoms with Gasteiger partial charge in [-0.05, 0) is 46.0 Å². The zero-order valence-corrected chi connectivity index (χ0v) is 15.1. The van der Waals surface area contributed by atoms with E-state index in [0.29, 0.717) is 51.5 Å². The van der Waals surface area contributed by atoms with Gasteiger partial charge in [-0.1, -0.05) is 13.8 Å². The molecule has 0 bridgehead atoms. The first-order valence-corrected chi connectivity index (χ1v) is 8.35. The Morgan fingerprint density at radius 2 is 1.78 bits per heavy atom. The summed E-state index contributed by atoms with van der Waals surface area (Å²) in [4.78, 5) is 25.4. The van der Waals surface area contributed by atoms with E-state index in [-0.39, 0.29) is 6.09 Å². The molecule has 0 unspecified atom stereocenters. The van der Waals surface area contributed by atoms with Gasteiger partial charge in [0.05, 0.1) is 5.41 Å². The Kier molecular flexibility index (Phi) is 6.86. The summed E-state index contributed by atoms with van der Waals surface area (Å²) < 4.78 is 10.9. The van der Waals surface area contributed by atoms with Crippen LogP contribution >= 0.6 is 0 Å². The normalized spacial score (nSPS) is 18.1. The number of piperidine rings is 1. The highest BCUT2D eigenvalue weighted by atomic mass is 16.6. The van der Waals surface area contributed by atoms with Crippen LogP contribution in [0.1, 0.15) is 53.9 Å². The summed E-state index contributed by atoms with van der Waals surface area (Å²) in [6, 6.07) is 0. The van der Waals surface area contributed by atoms with Crippen LogP contribution in [0.3, 0.4) is 0 Å². The van der Waals surface area contributed by atoms with E-state index in [9.17, 15) is 14.7 Å². The number of carboxylic acid groups (broad SMARTS) is 1. The predicted molar refractivity (Wildman–Crippen MR) is 87.4 cm³/mol. The molecule has 1 amide bonds. The number of ether oxygens (including phenoxy) is 2. The molecule has 0 aromatic heterocycles. The van der Waals surface area contributed by atoms with E-state index in [1.54, 1.807) is 4.90 Å². The van der Waals surface area contributed by atoms with Crippen molar-refractivity contribution in [3.05, 3.63) is 0 Å². The summed E-state index contributed by atoms with van der Waals surface area (Å²) in [5.74, 6) is -0.362. The van der Waals surface area contributed by atoms with Crippen LogP contribution in [0, 0.1) is 11.3 Å². The molecule has 1 aliphatic heterocycles. The summed E-state index contributed by atoms with van der Waals surface area (Å²) in [6.45, 7) is 11.5. The Labute approximate surface area is 139 Å². The minimum Gasteiger partial charge on any atom is -0.481 e. The maximum atomic E-state index is 12.1. The van der Waals surface area contributed by atoms with Crippen molar-refractivity contribution in [2.45, 2.75) is 59.5 Å². The lowest BCUT2D eigenvalue weighted by molar-refractivity contribution is -0.153. The zero-order valence-electron chi connectivity index (χ0n) is 15.1. The minimum absolute atomic E-state index is 0.368. The van der Waals surface area contributed by atoms with Gasteiger partial charge in [0.2, 0.25) is 0 Å². The van der Waals surface area contributed by atoms with Crippen molar-refractivity contribution in [1.82, 2.24) is 4.90 Å². The summed E-state index contributed by atoms with van der Waals surface area (Å²) in [5.41, 5.74) is -1.33. The fourth-order valence-corrected chi connectivity index (χ4v) is 2.60. The second kappa shape index (κ2) is 7.99. The second-order valence-electron chi connectivity index (χ2n) is 7.77. The van der Waals surface area contributed by atoms with Crippen LogP contribution in [0.25, 0.3) is 0 Å². The lowest BCUT2D eigenvalue weighted by Gasteiger charge is -2.39. The van der Waals surface area contributed by atoms with Crippen LogP contribution in [0.5, 0.6) is 0 Å². The molecule has 1 heterocycles. The van der Waals surface area contributed by atoms with E-state index in [2.05, 4.69) is 13.8 Å². The molecule has 23 heavy (non-hydrogen) atoms. The van der Waals surface area contributed by atoms with Gasteiger partial charge in [0, 0.05) is 26.3 Å². The molecule has 1 rings (SSSR count). The quantitative estimate of drug-likeness (QED) is 0.758. The van der Waals surface area contributed by atoms with Gasteiger partial charge in [0.25, 0.3) is 0 Å². The third kappa shape index (κ3) is 6.37. The average molecular weight is 329 g/mol. The molecule has 0 radical (unpaired) electrons.